The van der Waals surface area contributed by atoms with E-state index in [1.165, 1.54) is 11.1 Å². The molecule has 0 amide bonds. The number of halogens is 2. The molecule has 2 heterocycles. The smallest absolute Gasteiger partial charge is 0.0267 e. The van der Waals surface area contributed by atoms with Gasteiger partial charge in [0.25, 0.3) is 0 Å². The standard InChI is InChI=1S/C8H10.2C5H5N.BrH.HI/c1-7-3-5-8(2)6-4-7;2*1-2-4-6-5-3-1;;/h3-6H,1-2H3;2*1-5H;2*1H. The molecule has 3 rings (SSSR count). The van der Waals surface area contributed by atoms with Crippen molar-refractivity contribution in [3.8, 4) is 0 Å². The summed E-state index contributed by atoms with van der Waals surface area (Å²) < 4.78 is 0. The lowest BCUT2D eigenvalue weighted by Crippen LogP contribution is -1.70. The minimum absolute atomic E-state index is 0. The van der Waals surface area contributed by atoms with Gasteiger partial charge in [-0.25, -0.2) is 0 Å². The predicted molar refractivity (Wildman–Crippen MR) is 110 cm³/mol. The van der Waals surface area contributed by atoms with E-state index in [0.29, 0.717) is 0 Å². The maximum atomic E-state index is 3.78. The number of aromatic nitrogens is 2. The Balaban J connectivity index is 0. The third-order valence-electron chi connectivity index (χ3n) is 2.35. The zero-order valence-corrected chi connectivity index (χ0v) is 16.8. The molecule has 0 N–H and O–H groups in total. The maximum Gasteiger partial charge on any atom is 0.0267 e. The largest absolute Gasteiger partial charge is 0.265 e. The molecule has 0 spiro atoms. The summed E-state index contributed by atoms with van der Waals surface area (Å²) >= 11 is 0. The minimum atomic E-state index is 0. The van der Waals surface area contributed by atoms with Gasteiger partial charge in [0.05, 0.1) is 0 Å². The molecule has 0 saturated carbocycles. The van der Waals surface area contributed by atoms with Gasteiger partial charge in [-0.2, -0.15) is 0 Å². The summed E-state index contributed by atoms with van der Waals surface area (Å²) in [6, 6.07) is 19.9. The summed E-state index contributed by atoms with van der Waals surface area (Å²) in [6.45, 7) is 4.19. The number of pyridine rings is 2. The van der Waals surface area contributed by atoms with E-state index in [9.17, 15) is 0 Å². The fourth-order valence-electron chi connectivity index (χ4n) is 1.26. The highest BCUT2D eigenvalue weighted by atomic mass is 127. The lowest BCUT2D eigenvalue weighted by molar-refractivity contribution is 1.33. The number of rotatable bonds is 0. The zero-order valence-electron chi connectivity index (χ0n) is 12.8. The van der Waals surface area contributed by atoms with Crippen LogP contribution < -0.4 is 0 Å². The number of benzene rings is 1. The van der Waals surface area contributed by atoms with Crippen molar-refractivity contribution < 1.29 is 0 Å². The molecule has 2 nitrogen and oxygen atoms in total. The van der Waals surface area contributed by atoms with Crippen LogP contribution in [0.4, 0.5) is 0 Å². The summed E-state index contributed by atoms with van der Waals surface area (Å²) in [5.74, 6) is 0. The van der Waals surface area contributed by atoms with Crippen LogP contribution in [0, 0.1) is 13.8 Å². The molecule has 0 aliphatic rings. The van der Waals surface area contributed by atoms with Gasteiger partial charge < -0.3 is 0 Å². The topological polar surface area (TPSA) is 25.8 Å². The van der Waals surface area contributed by atoms with Crippen molar-refractivity contribution in [2.24, 2.45) is 0 Å². The molecular formula is C18H22BrIN2. The SMILES string of the molecule is Br.Cc1ccc(C)cc1.I.c1ccncc1.c1ccncc1. The van der Waals surface area contributed by atoms with Crippen LogP contribution in [-0.4, -0.2) is 9.97 Å². The molecular weight excluding hydrogens is 451 g/mol. The molecule has 0 saturated heterocycles. The molecule has 1 aromatic carbocycles. The summed E-state index contributed by atoms with van der Waals surface area (Å²) in [4.78, 5) is 7.57. The minimum Gasteiger partial charge on any atom is -0.265 e. The number of hydrogen-bond donors (Lipinski definition) is 0. The van der Waals surface area contributed by atoms with E-state index in [1.54, 1.807) is 24.8 Å². The van der Waals surface area contributed by atoms with Crippen molar-refractivity contribution in [2.45, 2.75) is 13.8 Å². The van der Waals surface area contributed by atoms with Crippen molar-refractivity contribution in [3.63, 3.8) is 0 Å². The normalized spacial score (nSPS) is 7.73. The van der Waals surface area contributed by atoms with Crippen molar-refractivity contribution in [3.05, 3.63) is 96.6 Å². The predicted octanol–water partition coefficient (Wildman–Crippen LogP) is 5.66. The summed E-state index contributed by atoms with van der Waals surface area (Å²) in [5.41, 5.74) is 2.66. The van der Waals surface area contributed by atoms with Crippen LogP contribution in [0.3, 0.4) is 0 Å². The lowest BCUT2D eigenvalue weighted by atomic mass is 10.2. The third-order valence-corrected chi connectivity index (χ3v) is 2.35. The first-order valence-corrected chi connectivity index (χ1v) is 6.52. The van der Waals surface area contributed by atoms with Crippen LogP contribution in [-0.2, 0) is 0 Å². The first-order chi connectivity index (χ1) is 9.79. The van der Waals surface area contributed by atoms with Crippen molar-refractivity contribution in [1.82, 2.24) is 9.97 Å². The Labute approximate surface area is 160 Å². The van der Waals surface area contributed by atoms with E-state index in [2.05, 4.69) is 48.1 Å². The van der Waals surface area contributed by atoms with E-state index < -0.39 is 0 Å². The Bertz CT molecular complexity index is 439. The van der Waals surface area contributed by atoms with Crippen LogP contribution in [0.5, 0.6) is 0 Å². The highest BCUT2D eigenvalue weighted by Gasteiger charge is 1.79. The molecule has 0 aliphatic heterocycles. The number of hydrogen-bond acceptors (Lipinski definition) is 2. The van der Waals surface area contributed by atoms with E-state index in [4.69, 9.17) is 0 Å². The van der Waals surface area contributed by atoms with Crippen LogP contribution in [0.1, 0.15) is 11.1 Å². The van der Waals surface area contributed by atoms with Crippen LogP contribution in [0.2, 0.25) is 0 Å². The Morgan fingerprint density at radius 1 is 0.545 bits per heavy atom. The number of aryl methyl sites for hydroxylation is 2. The second-order valence-electron chi connectivity index (χ2n) is 4.20. The summed E-state index contributed by atoms with van der Waals surface area (Å²) in [5, 5.41) is 0. The van der Waals surface area contributed by atoms with Gasteiger partial charge >= 0.3 is 0 Å². The molecule has 2 aromatic heterocycles. The molecule has 0 fully saturated rings. The van der Waals surface area contributed by atoms with Gasteiger partial charge in [0.2, 0.25) is 0 Å². The van der Waals surface area contributed by atoms with E-state index in [1.807, 2.05) is 36.4 Å². The Morgan fingerprint density at radius 2 is 0.818 bits per heavy atom. The molecule has 118 valence electrons. The first-order valence-electron chi connectivity index (χ1n) is 6.52. The van der Waals surface area contributed by atoms with Gasteiger partial charge in [0.1, 0.15) is 0 Å². The van der Waals surface area contributed by atoms with Gasteiger partial charge in [-0.15, -0.1) is 41.0 Å². The number of nitrogens with zero attached hydrogens (tertiary/aromatic N) is 2. The second kappa shape index (κ2) is 16.1. The van der Waals surface area contributed by atoms with Gasteiger partial charge in [0, 0.05) is 24.8 Å². The van der Waals surface area contributed by atoms with Crippen LogP contribution in [0.25, 0.3) is 0 Å². The van der Waals surface area contributed by atoms with Crippen molar-refractivity contribution in [1.29, 1.82) is 0 Å². The molecule has 22 heavy (non-hydrogen) atoms. The highest BCUT2D eigenvalue weighted by Crippen LogP contribution is 1.99. The zero-order chi connectivity index (χ0) is 14.5. The molecule has 3 aromatic rings. The molecule has 0 unspecified atom stereocenters. The lowest BCUT2D eigenvalue weighted by Gasteiger charge is -1.90. The fourth-order valence-corrected chi connectivity index (χ4v) is 1.26. The highest BCUT2D eigenvalue weighted by molar-refractivity contribution is 14.0. The Hall–Kier alpha value is -1.27. The fraction of sp³-hybridized carbons (Fsp3) is 0.111. The van der Waals surface area contributed by atoms with Gasteiger partial charge in [-0.1, -0.05) is 47.5 Å². The van der Waals surface area contributed by atoms with Gasteiger partial charge in [-0.05, 0) is 38.1 Å². The van der Waals surface area contributed by atoms with Crippen LogP contribution in [0.15, 0.2) is 85.5 Å². The van der Waals surface area contributed by atoms with Crippen molar-refractivity contribution in [2.75, 3.05) is 0 Å². The molecule has 0 atom stereocenters. The average molecular weight is 473 g/mol. The Morgan fingerprint density at radius 3 is 0.955 bits per heavy atom. The van der Waals surface area contributed by atoms with Crippen LogP contribution >= 0.6 is 41.0 Å². The quantitative estimate of drug-likeness (QED) is 0.394. The third kappa shape index (κ3) is 13.7. The van der Waals surface area contributed by atoms with Crippen molar-refractivity contribution >= 4 is 41.0 Å². The molecule has 0 radical (unpaired) electrons. The maximum absolute atomic E-state index is 3.78. The monoisotopic (exact) mass is 472 g/mol. The average Bonchev–Trinajstić information content (AvgIpc) is 2.55. The summed E-state index contributed by atoms with van der Waals surface area (Å²) in [7, 11) is 0. The first kappa shape index (κ1) is 23.0. The Kier molecular flexibility index (Phi) is 16.8. The van der Waals surface area contributed by atoms with Gasteiger partial charge in [0.15, 0.2) is 0 Å². The molecule has 4 heteroatoms. The van der Waals surface area contributed by atoms with Gasteiger partial charge in [-0.3, -0.25) is 9.97 Å². The second-order valence-corrected chi connectivity index (χ2v) is 4.20. The summed E-state index contributed by atoms with van der Waals surface area (Å²) in [6.07, 6.45) is 7.00. The van der Waals surface area contributed by atoms with E-state index >= 15 is 0 Å². The van der Waals surface area contributed by atoms with E-state index in [-0.39, 0.29) is 41.0 Å². The molecule has 0 bridgehead atoms. The molecule has 0 aliphatic carbocycles. The van der Waals surface area contributed by atoms with E-state index in [0.717, 1.165) is 0 Å².